The molecule has 162 valence electrons. The third-order valence-electron chi connectivity index (χ3n) is 7.47. The summed E-state index contributed by atoms with van der Waals surface area (Å²) in [6.45, 7) is 2.35. The Kier molecular flexibility index (Phi) is 4.19. The molecule has 1 aliphatic carbocycles. The van der Waals surface area contributed by atoms with Crippen LogP contribution in [-0.2, 0) is 5.41 Å². The Labute approximate surface area is 206 Å². The van der Waals surface area contributed by atoms with Gasteiger partial charge >= 0.3 is 0 Å². The van der Waals surface area contributed by atoms with E-state index in [2.05, 4.69) is 126 Å². The van der Waals surface area contributed by atoms with Crippen LogP contribution >= 0.6 is 15.9 Å². The van der Waals surface area contributed by atoms with E-state index in [4.69, 9.17) is 4.42 Å². The molecule has 1 aliphatic rings. The van der Waals surface area contributed by atoms with Gasteiger partial charge in [0.1, 0.15) is 11.2 Å². The van der Waals surface area contributed by atoms with Crippen molar-refractivity contribution in [1.82, 2.24) is 0 Å². The lowest BCUT2D eigenvalue weighted by atomic mass is 9.74. The molecule has 34 heavy (non-hydrogen) atoms. The molecule has 0 fully saturated rings. The van der Waals surface area contributed by atoms with Crippen molar-refractivity contribution in [2.45, 2.75) is 12.3 Å². The molecule has 1 nitrogen and oxygen atoms in total. The van der Waals surface area contributed by atoms with Crippen LogP contribution in [0.2, 0.25) is 0 Å². The molecule has 0 unspecified atom stereocenters. The van der Waals surface area contributed by atoms with E-state index in [9.17, 15) is 0 Å². The molecule has 0 bridgehead atoms. The fraction of sp³-hybridized carbons (Fsp3) is 0.0625. The van der Waals surface area contributed by atoms with Crippen LogP contribution in [-0.4, -0.2) is 0 Å². The maximum absolute atomic E-state index is 6.36. The van der Waals surface area contributed by atoms with Gasteiger partial charge in [0.25, 0.3) is 0 Å². The summed E-state index contributed by atoms with van der Waals surface area (Å²) in [6, 6.07) is 39.3. The van der Waals surface area contributed by atoms with Gasteiger partial charge < -0.3 is 4.42 Å². The molecular weight excluding hydrogens is 480 g/mol. The molecule has 2 heteroatoms. The van der Waals surface area contributed by atoms with Crippen LogP contribution in [0, 0.1) is 0 Å². The zero-order valence-corrected chi connectivity index (χ0v) is 20.3. The number of furan rings is 1. The summed E-state index contributed by atoms with van der Waals surface area (Å²) in [7, 11) is 0. The highest BCUT2D eigenvalue weighted by Gasteiger charge is 2.40. The number of halogens is 1. The second-order valence-corrected chi connectivity index (χ2v) is 10.0. The van der Waals surface area contributed by atoms with Gasteiger partial charge in [-0.25, -0.2) is 0 Å². The highest BCUT2D eigenvalue weighted by atomic mass is 79.9. The number of hydrogen-bond donors (Lipinski definition) is 0. The molecule has 1 aromatic heterocycles. The molecule has 0 saturated heterocycles. The molecule has 7 rings (SSSR count). The molecule has 6 aromatic rings. The van der Waals surface area contributed by atoms with Crippen molar-refractivity contribution in [2.24, 2.45) is 0 Å². The highest BCUT2D eigenvalue weighted by molar-refractivity contribution is 9.10. The summed E-state index contributed by atoms with van der Waals surface area (Å²) in [4.78, 5) is 0. The van der Waals surface area contributed by atoms with E-state index in [1.165, 1.54) is 27.8 Å². The maximum atomic E-state index is 6.36. The normalized spacial score (nSPS) is 13.8. The largest absolute Gasteiger partial charge is 0.454 e. The van der Waals surface area contributed by atoms with Crippen LogP contribution in [0.25, 0.3) is 44.2 Å². The molecule has 0 amide bonds. The number of hydrogen-bond acceptors (Lipinski definition) is 1. The lowest BCUT2D eigenvalue weighted by molar-refractivity contribution is 0.668. The number of fused-ring (bicyclic) bond motifs is 6. The second-order valence-electron chi connectivity index (χ2n) is 9.19. The minimum Gasteiger partial charge on any atom is -0.454 e. The minimum atomic E-state index is -0.179. The summed E-state index contributed by atoms with van der Waals surface area (Å²) < 4.78 is 7.35. The van der Waals surface area contributed by atoms with E-state index in [0.717, 1.165) is 37.5 Å². The van der Waals surface area contributed by atoms with Crippen LogP contribution in [0.5, 0.6) is 0 Å². The summed E-state index contributed by atoms with van der Waals surface area (Å²) in [5.74, 6) is 0. The van der Waals surface area contributed by atoms with Crippen LogP contribution in [0.15, 0.2) is 118 Å². The Balaban J connectivity index is 1.39. The Morgan fingerprint density at radius 3 is 1.79 bits per heavy atom. The van der Waals surface area contributed by atoms with Crippen molar-refractivity contribution in [3.63, 3.8) is 0 Å². The molecule has 0 atom stereocenters. The number of para-hydroxylation sites is 2. The Hall–Kier alpha value is -3.62. The molecule has 0 radical (unpaired) electrons. The van der Waals surface area contributed by atoms with Gasteiger partial charge in [-0.3, -0.25) is 0 Å². The van der Waals surface area contributed by atoms with Gasteiger partial charge in [-0.1, -0.05) is 103 Å². The molecule has 0 N–H and O–H groups in total. The first-order valence-corrected chi connectivity index (χ1v) is 12.4. The lowest BCUT2D eigenvalue weighted by Crippen LogP contribution is -2.22. The van der Waals surface area contributed by atoms with Crippen molar-refractivity contribution in [2.75, 3.05) is 0 Å². The molecule has 0 spiro atoms. The zero-order chi connectivity index (χ0) is 22.9. The van der Waals surface area contributed by atoms with Gasteiger partial charge in [0.15, 0.2) is 0 Å². The van der Waals surface area contributed by atoms with Gasteiger partial charge in [-0.05, 0) is 62.3 Å². The molecule has 1 heterocycles. The summed E-state index contributed by atoms with van der Waals surface area (Å²) in [6.07, 6.45) is 0. The minimum absolute atomic E-state index is 0.179. The van der Waals surface area contributed by atoms with Crippen LogP contribution < -0.4 is 0 Å². The van der Waals surface area contributed by atoms with E-state index < -0.39 is 0 Å². The van der Waals surface area contributed by atoms with Gasteiger partial charge in [-0.2, -0.15) is 0 Å². The fourth-order valence-corrected chi connectivity index (χ4v) is 6.21. The first-order valence-electron chi connectivity index (χ1n) is 11.6. The third kappa shape index (κ3) is 2.60. The van der Waals surface area contributed by atoms with Crippen molar-refractivity contribution in [3.8, 4) is 22.3 Å². The Morgan fingerprint density at radius 2 is 1.12 bits per heavy atom. The molecule has 0 aliphatic heterocycles. The van der Waals surface area contributed by atoms with Crippen LogP contribution in [0.4, 0.5) is 0 Å². The van der Waals surface area contributed by atoms with Crippen molar-refractivity contribution in [1.29, 1.82) is 0 Å². The number of rotatable bonds is 2. The van der Waals surface area contributed by atoms with Crippen LogP contribution in [0.1, 0.15) is 23.6 Å². The fourth-order valence-electron chi connectivity index (χ4n) is 5.76. The Morgan fingerprint density at radius 1 is 0.559 bits per heavy atom. The standard InChI is InChI=1S/C32H21BrO/c1-32(27-13-4-2-8-23(27)24-9-3-5-14-28(24)32)21-18-16-20(17-19-21)22-10-6-11-25-26-12-7-15-29(33)31(26)34-30(22)25/h2-19H,1H3. The maximum Gasteiger partial charge on any atom is 0.149 e. The Bertz CT molecular complexity index is 1680. The monoisotopic (exact) mass is 500 g/mol. The topological polar surface area (TPSA) is 13.1 Å². The highest BCUT2D eigenvalue weighted by Crippen LogP contribution is 2.52. The van der Waals surface area contributed by atoms with Crippen molar-refractivity contribution < 1.29 is 4.42 Å². The predicted octanol–water partition coefficient (Wildman–Crippen LogP) is 9.35. The van der Waals surface area contributed by atoms with Gasteiger partial charge in [0.2, 0.25) is 0 Å². The van der Waals surface area contributed by atoms with E-state index in [1.807, 2.05) is 6.07 Å². The summed E-state index contributed by atoms with van der Waals surface area (Å²) in [5, 5.41) is 2.28. The average Bonchev–Trinajstić information content (AvgIpc) is 3.40. The first kappa shape index (κ1) is 19.8. The quantitative estimate of drug-likeness (QED) is 0.230. The van der Waals surface area contributed by atoms with Gasteiger partial charge in [-0.15, -0.1) is 0 Å². The predicted molar refractivity (Wildman–Crippen MR) is 144 cm³/mol. The lowest BCUT2D eigenvalue weighted by Gasteiger charge is -2.28. The van der Waals surface area contributed by atoms with E-state index in [0.29, 0.717) is 0 Å². The van der Waals surface area contributed by atoms with E-state index >= 15 is 0 Å². The van der Waals surface area contributed by atoms with E-state index in [1.54, 1.807) is 0 Å². The van der Waals surface area contributed by atoms with Crippen LogP contribution in [0.3, 0.4) is 0 Å². The van der Waals surface area contributed by atoms with E-state index in [-0.39, 0.29) is 5.41 Å². The first-order chi connectivity index (χ1) is 16.7. The van der Waals surface area contributed by atoms with Crippen molar-refractivity contribution in [3.05, 3.63) is 130 Å². The zero-order valence-electron chi connectivity index (χ0n) is 18.7. The SMILES string of the molecule is CC1(c2ccc(-c3cccc4c3oc3c(Br)cccc34)cc2)c2ccccc2-c2ccccc21. The smallest absolute Gasteiger partial charge is 0.149 e. The number of benzene rings is 5. The van der Waals surface area contributed by atoms with Gasteiger partial charge in [0, 0.05) is 21.8 Å². The molecule has 0 saturated carbocycles. The van der Waals surface area contributed by atoms with Crippen molar-refractivity contribution >= 4 is 37.9 Å². The third-order valence-corrected chi connectivity index (χ3v) is 8.10. The summed E-state index contributed by atoms with van der Waals surface area (Å²) in [5.41, 5.74) is 10.6. The second kappa shape index (κ2) is 7.19. The average molecular weight is 501 g/mol. The molecular formula is C32H21BrO. The van der Waals surface area contributed by atoms with Gasteiger partial charge in [0.05, 0.1) is 4.47 Å². The molecule has 5 aromatic carbocycles. The summed E-state index contributed by atoms with van der Waals surface area (Å²) >= 11 is 3.64.